The molecule has 27 heavy (non-hydrogen) atoms. The summed E-state index contributed by atoms with van der Waals surface area (Å²) in [7, 11) is -6.45. The summed E-state index contributed by atoms with van der Waals surface area (Å²) in [5.41, 5.74) is -1.71. The molecule has 0 aromatic carbocycles. The van der Waals surface area contributed by atoms with Crippen molar-refractivity contribution in [2.75, 3.05) is 6.61 Å². The lowest BCUT2D eigenvalue weighted by molar-refractivity contribution is -0.267. The van der Waals surface area contributed by atoms with Crippen molar-refractivity contribution in [2.45, 2.75) is 55.2 Å². The van der Waals surface area contributed by atoms with Crippen LogP contribution in [0.3, 0.4) is 0 Å². The molecule has 4 aliphatic carbocycles. The molecule has 1 spiro atoms. The summed E-state index contributed by atoms with van der Waals surface area (Å²) in [6, 6.07) is 0. The Morgan fingerprint density at radius 1 is 1.11 bits per heavy atom. The predicted molar refractivity (Wildman–Crippen MR) is 77.1 cm³/mol. The topological polar surface area (TPSA) is 93.2 Å². The first-order valence-corrected chi connectivity index (χ1v) is 9.92. The first kappa shape index (κ1) is 19.3. The van der Waals surface area contributed by atoms with Gasteiger partial charge >= 0.3 is 27.5 Å². The number of ether oxygens (including phenoxy) is 2. The van der Waals surface area contributed by atoms with E-state index in [1.165, 1.54) is 0 Å². The molecule has 5 aliphatic rings. The van der Waals surface area contributed by atoms with Crippen LogP contribution in [0, 0.1) is 23.2 Å². The molecule has 1 aliphatic heterocycles. The Labute approximate surface area is 151 Å². The summed E-state index contributed by atoms with van der Waals surface area (Å²) >= 11 is 0. The van der Waals surface area contributed by atoms with E-state index in [0.717, 1.165) is 12.8 Å². The van der Waals surface area contributed by atoms with Crippen LogP contribution in [0.5, 0.6) is 0 Å². The van der Waals surface area contributed by atoms with Crippen molar-refractivity contribution in [1.29, 1.82) is 0 Å². The first-order valence-electron chi connectivity index (χ1n) is 8.48. The first-order chi connectivity index (χ1) is 12.2. The predicted octanol–water partition coefficient (Wildman–Crippen LogP) is 2.54. The van der Waals surface area contributed by atoms with Gasteiger partial charge in [-0.1, -0.05) is 0 Å². The molecule has 0 aromatic heterocycles. The average Bonchev–Trinajstić information content (AvgIpc) is 3.28. The van der Waals surface area contributed by atoms with E-state index in [1.54, 1.807) is 0 Å². The minimum Gasteiger partial charge on any atom is -0.444 e. The molecule has 12 heteroatoms. The molecule has 5 fully saturated rings. The molecule has 0 aromatic rings. The van der Waals surface area contributed by atoms with Crippen molar-refractivity contribution in [3.63, 3.8) is 0 Å². The third kappa shape index (κ3) is 2.70. The maximum atomic E-state index is 13.7. The molecular weight excluding hydrogens is 403 g/mol. The Balaban J connectivity index is 1.61. The number of hydrogen-bond acceptors (Lipinski definition) is 5. The van der Waals surface area contributed by atoms with E-state index in [2.05, 4.69) is 4.74 Å². The van der Waals surface area contributed by atoms with Crippen LogP contribution in [0.25, 0.3) is 0 Å². The highest BCUT2D eigenvalue weighted by molar-refractivity contribution is 7.86. The van der Waals surface area contributed by atoms with E-state index < -0.39 is 39.0 Å². The normalized spacial score (nSPS) is 41.6. The zero-order valence-corrected chi connectivity index (χ0v) is 14.7. The number of hydrogen-bond donors (Lipinski definition) is 1. The second-order valence-corrected chi connectivity index (χ2v) is 9.73. The lowest BCUT2D eigenvalue weighted by Gasteiger charge is -2.58. The summed E-state index contributed by atoms with van der Waals surface area (Å²) in [5, 5.41) is -5.70. The van der Waals surface area contributed by atoms with Crippen molar-refractivity contribution in [3.8, 4) is 0 Å². The summed E-state index contributed by atoms with van der Waals surface area (Å²) in [6.45, 7) is 0.520. The number of rotatable bonds is 4. The van der Waals surface area contributed by atoms with Crippen LogP contribution in [0.1, 0.15) is 32.1 Å². The minimum atomic E-state index is -6.45. The highest BCUT2D eigenvalue weighted by Crippen LogP contribution is 2.68. The highest BCUT2D eigenvalue weighted by atomic mass is 32.2. The van der Waals surface area contributed by atoms with E-state index >= 15 is 0 Å². The molecule has 5 rings (SSSR count). The van der Waals surface area contributed by atoms with Crippen molar-refractivity contribution in [1.82, 2.24) is 0 Å². The van der Waals surface area contributed by atoms with Gasteiger partial charge in [0, 0.05) is 0 Å². The van der Waals surface area contributed by atoms with Crippen LogP contribution in [-0.4, -0.2) is 48.7 Å². The Morgan fingerprint density at radius 3 is 2.04 bits per heavy atom. The van der Waals surface area contributed by atoms with Gasteiger partial charge in [-0.25, -0.2) is 0 Å². The molecule has 4 bridgehead atoms. The zero-order valence-electron chi connectivity index (χ0n) is 13.8. The van der Waals surface area contributed by atoms with Gasteiger partial charge in [0.05, 0.1) is 17.6 Å². The van der Waals surface area contributed by atoms with Gasteiger partial charge in [-0.3, -0.25) is 9.35 Å². The zero-order chi connectivity index (χ0) is 20.0. The number of carbonyl (C=O) groups is 1. The molecule has 1 heterocycles. The third-order valence-corrected chi connectivity index (χ3v) is 7.56. The lowest BCUT2D eigenvalue weighted by atomic mass is 9.46. The van der Waals surface area contributed by atoms with E-state index in [4.69, 9.17) is 9.29 Å². The number of alkyl halides is 5. The number of carbonyl (C=O) groups excluding carboxylic acids is 1. The van der Waals surface area contributed by atoms with Crippen molar-refractivity contribution >= 4 is 16.1 Å². The van der Waals surface area contributed by atoms with Crippen LogP contribution in [0.15, 0.2) is 0 Å². The molecule has 0 radical (unpaired) electrons. The van der Waals surface area contributed by atoms with Gasteiger partial charge in [0.25, 0.3) is 6.10 Å². The highest BCUT2D eigenvalue weighted by Gasteiger charge is 2.72. The summed E-state index contributed by atoms with van der Waals surface area (Å²) in [6.07, 6.45) is -8.08. The van der Waals surface area contributed by atoms with Gasteiger partial charge in [0.15, 0.2) is 0 Å². The molecular formula is C15H17F5O6S. The Hall–Kier alpha value is -1.01. The van der Waals surface area contributed by atoms with Crippen LogP contribution in [0.4, 0.5) is 22.0 Å². The number of halogens is 5. The van der Waals surface area contributed by atoms with Gasteiger partial charge < -0.3 is 9.47 Å². The van der Waals surface area contributed by atoms with Crippen LogP contribution in [0.2, 0.25) is 0 Å². The fraction of sp³-hybridized carbons (Fsp3) is 0.933. The molecule has 3 unspecified atom stereocenters. The van der Waals surface area contributed by atoms with Gasteiger partial charge in [-0.05, 0) is 49.9 Å². The Bertz CT molecular complexity index is 756. The van der Waals surface area contributed by atoms with Gasteiger partial charge in [-0.2, -0.15) is 30.4 Å². The van der Waals surface area contributed by atoms with E-state index in [1.807, 2.05) is 0 Å². The molecule has 1 N–H and O–H groups in total. The number of esters is 1. The summed E-state index contributed by atoms with van der Waals surface area (Å²) < 4.78 is 106. The van der Waals surface area contributed by atoms with Gasteiger partial charge in [0.1, 0.15) is 0 Å². The summed E-state index contributed by atoms with van der Waals surface area (Å²) in [5.74, 6) is -1.52. The summed E-state index contributed by atoms with van der Waals surface area (Å²) in [4.78, 5) is 12.6. The van der Waals surface area contributed by atoms with E-state index in [9.17, 15) is 35.2 Å². The molecule has 1 saturated heterocycles. The van der Waals surface area contributed by atoms with Crippen molar-refractivity contribution in [3.05, 3.63) is 0 Å². The smallest absolute Gasteiger partial charge is 0.432 e. The molecule has 6 nitrogen and oxygen atoms in total. The molecule has 4 saturated carbocycles. The maximum Gasteiger partial charge on any atom is 0.432 e. The quantitative estimate of drug-likeness (QED) is 0.325. The van der Waals surface area contributed by atoms with Crippen LogP contribution >= 0.6 is 0 Å². The monoisotopic (exact) mass is 420 g/mol. The van der Waals surface area contributed by atoms with Crippen molar-refractivity contribution < 1.29 is 49.2 Å². The average molecular weight is 420 g/mol. The largest absolute Gasteiger partial charge is 0.444 e. The standard InChI is InChI=1S/C15H17F5O6S/c16-14(17,18)10(15(19,20)27(22,23)24)26-11(21)12-3-7-1-8(4-12)13(6-25-13)9(2-7)5-12/h7-10H,1-6H2,(H,22,23,24). The minimum absolute atomic E-state index is 0.0530. The fourth-order valence-corrected chi connectivity index (χ4v) is 6.01. The maximum absolute atomic E-state index is 13.7. The second-order valence-electron chi connectivity index (χ2n) is 8.23. The lowest BCUT2D eigenvalue weighted by Crippen LogP contribution is -2.60. The third-order valence-electron chi connectivity index (χ3n) is 6.65. The Morgan fingerprint density at radius 2 is 1.63 bits per heavy atom. The van der Waals surface area contributed by atoms with Crippen LogP contribution < -0.4 is 0 Å². The van der Waals surface area contributed by atoms with Crippen LogP contribution in [-0.2, 0) is 24.4 Å². The second kappa shape index (κ2) is 5.32. The molecule has 3 atom stereocenters. The van der Waals surface area contributed by atoms with E-state index in [-0.39, 0.29) is 42.6 Å². The SMILES string of the molecule is O=C(OC(C(F)(F)F)C(F)(F)S(=O)(=O)O)C12CC3CC(C1)C1(CO1)C(C3)C2. The Kier molecular flexibility index (Phi) is 3.81. The number of epoxide rings is 1. The van der Waals surface area contributed by atoms with Gasteiger partial charge in [-0.15, -0.1) is 0 Å². The van der Waals surface area contributed by atoms with Gasteiger partial charge in [0.2, 0.25) is 0 Å². The molecule has 0 amide bonds. The molecule has 154 valence electrons. The fourth-order valence-electron chi connectivity index (χ4n) is 5.56. The van der Waals surface area contributed by atoms with Crippen molar-refractivity contribution in [2.24, 2.45) is 23.2 Å². The van der Waals surface area contributed by atoms with E-state index in [0.29, 0.717) is 6.61 Å².